The van der Waals surface area contributed by atoms with Gasteiger partial charge in [-0.15, -0.1) is 11.3 Å². The van der Waals surface area contributed by atoms with Crippen molar-refractivity contribution in [1.29, 1.82) is 0 Å². The van der Waals surface area contributed by atoms with E-state index in [1.165, 1.54) is 18.3 Å². The standard InChI is InChI=1S/C14H17N5OS/c1-10(20)17-14-18-12(9-21-14)11-3-2-6-19(8-11)13-7-15-4-5-16-13/h4-5,7,9,11H,2-3,6,8H2,1H3,(H,17,18,20)/t11-/m0/s1. The molecule has 21 heavy (non-hydrogen) atoms. The van der Waals surface area contributed by atoms with E-state index in [9.17, 15) is 4.79 Å². The summed E-state index contributed by atoms with van der Waals surface area (Å²) in [4.78, 5) is 26.3. The van der Waals surface area contributed by atoms with Crippen LogP contribution in [0.2, 0.25) is 0 Å². The minimum Gasteiger partial charge on any atom is -0.355 e. The predicted octanol–water partition coefficient (Wildman–Crippen LogP) is 2.28. The van der Waals surface area contributed by atoms with E-state index in [0.29, 0.717) is 11.0 Å². The molecule has 0 aromatic carbocycles. The number of thiazole rings is 1. The van der Waals surface area contributed by atoms with Gasteiger partial charge in [-0.25, -0.2) is 9.97 Å². The molecule has 0 radical (unpaired) electrons. The quantitative estimate of drug-likeness (QED) is 0.942. The van der Waals surface area contributed by atoms with Crippen molar-refractivity contribution in [1.82, 2.24) is 15.0 Å². The molecule has 1 aliphatic rings. The van der Waals surface area contributed by atoms with Crippen LogP contribution in [0.15, 0.2) is 24.0 Å². The van der Waals surface area contributed by atoms with Gasteiger partial charge in [-0.1, -0.05) is 0 Å². The first-order chi connectivity index (χ1) is 10.2. The molecule has 6 nitrogen and oxygen atoms in total. The fourth-order valence-electron chi connectivity index (χ4n) is 2.56. The van der Waals surface area contributed by atoms with Crippen molar-refractivity contribution in [2.24, 2.45) is 0 Å². The number of hydrogen-bond acceptors (Lipinski definition) is 6. The maximum absolute atomic E-state index is 11.1. The average Bonchev–Trinajstić information content (AvgIpc) is 2.96. The number of anilines is 2. The van der Waals surface area contributed by atoms with Gasteiger partial charge in [-0.3, -0.25) is 9.78 Å². The molecule has 3 rings (SSSR count). The summed E-state index contributed by atoms with van der Waals surface area (Å²) in [6.45, 7) is 3.39. The van der Waals surface area contributed by atoms with Crippen LogP contribution in [0.4, 0.5) is 10.9 Å². The second-order valence-corrected chi connectivity index (χ2v) is 5.97. The van der Waals surface area contributed by atoms with Crippen molar-refractivity contribution in [3.8, 4) is 0 Å². The van der Waals surface area contributed by atoms with Gasteiger partial charge in [0, 0.05) is 43.7 Å². The van der Waals surface area contributed by atoms with Gasteiger partial charge in [0.15, 0.2) is 5.13 Å². The lowest BCUT2D eigenvalue weighted by atomic mass is 9.95. The summed E-state index contributed by atoms with van der Waals surface area (Å²) >= 11 is 1.48. The summed E-state index contributed by atoms with van der Waals surface area (Å²) in [5, 5.41) is 5.45. The first-order valence-corrected chi connectivity index (χ1v) is 7.84. The fraction of sp³-hybridized carbons (Fsp3) is 0.429. The van der Waals surface area contributed by atoms with Gasteiger partial charge in [0.2, 0.25) is 5.91 Å². The number of carbonyl (C=O) groups excluding carboxylic acids is 1. The van der Waals surface area contributed by atoms with Crippen molar-refractivity contribution in [3.63, 3.8) is 0 Å². The van der Waals surface area contributed by atoms with Gasteiger partial charge in [0.1, 0.15) is 5.82 Å². The zero-order chi connectivity index (χ0) is 14.7. The number of hydrogen-bond donors (Lipinski definition) is 1. The summed E-state index contributed by atoms with van der Waals surface area (Å²) < 4.78 is 0. The molecule has 1 saturated heterocycles. The molecule has 3 heterocycles. The van der Waals surface area contributed by atoms with Crippen LogP contribution in [-0.4, -0.2) is 33.9 Å². The maximum Gasteiger partial charge on any atom is 0.223 e. The Bertz CT molecular complexity index is 615. The van der Waals surface area contributed by atoms with Crippen LogP contribution >= 0.6 is 11.3 Å². The molecular weight excluding hydrogens is 286 g/mol. The van der Waals surface area contributed by atoms with E-state index in [2.05, 4.69) is 25.2 Å². The summed E-state index contributed by atoms with van der Waals surface area (Å²) in [5.74, 6) is 1.21. The molecule has 1 fully saturated rings. The van der Waals surface area contributed by atoms with Gasteiger partial charge < -0.3 is 10.2 Å². The average molecular weight is 303 g/mol. The molecule has 7 heteroatoms. The topological polar surface area (TPSA) is 71.0 Å². The third-order valence-corrected chi connectivity index (χ3v) is 4.29. The Balaban J connectivity index is 1.71. The predicted molar refractivity (Wildman–Crippen MR) is 82.6 cm³/mol. The van der Waals surface area contributed by atoms with Crippen molar-refractivity contribution in [2.75, 3.05) is 23.3 Å². The van der Waals surface area contributed by atoms with E-state index in [1.807, 2.05) is 5.38 Å². The van der Waals surface area contributed by atoms with Gasteiger partial charge in [-0.05, 0) is 12.8 Å². The number of carbonyl (C=O) groups is 1. The number of piperidine rings is 1. The molecule has 1 aliphatic heterocycles. The Labute approximate surface area is 127 Å². The molecular formula is C14H17N5OS. The van der Waals surface area contributed by atoms with Crippen molar-refractivity contribution in [2.45, 2.75) is 25.7 Å². The summed E-state index contributed by atoms with van der Waals surface area (Å²) in [6.07, 6.45) is 7.42. The van der Waals surface area contributed by atoms with E-state index >= 15 is 0 Å². The smallest absolute Gasteiger partial charge is 0.223 e. The van der Waals surface area contributed by atoms with E-state index < -0.39 is 0 Å². The first-order valence-electron chi connectivity index (χ1n) is 6.96. The zero-order valence-corrected chi connectivity index (χ0v) is 12.6. The number of amides is 1. The highest BCUT2D eigenvalue weighted by atomic mass is 32.1. The van der Waals surface area contributed by atoms with E-state index in [1.54, 1.807) is 18.6 Å². The van der Waals surface area contributed by atoms with Gasteiger partial charge in [0.25, 0.3) is 0 Å². The van der Waals surface area contributed by atoms with E-state index in [4.69, 9.17) is 0 Å². The Morgan fingerprint density at radius 3 is 3.14 bits per heavy atom. The molecule has 2 aromatic heterocycles. The zero-order valence-electron chi connectivity index (χ0n) is 11.8. The van der Waals surface area contributed by atoms with Gasteiger partial charge >= 0.3 is 0 Å². The van der Waals surface area contributed by atoms with Crippen LogP contribution in [0.25, 0.3) is 0 Å². The number of aromatic nitrogens is 3. The molecule has 110 valence electrons. The third kappa shape index (κ3) is 3.36. The van der Waals surface area contributed by atoms with Gasteiger partial charge in [0.05, 0.1) is 11.9 Å². The number of nitrogens with zero attached hydrogens (tertiary/aromatic N) is 4. The van der Waals surface area contributed by atoms with E-state index in [-0.39, 0.29) is 5.91 Å². The molecule has 0 bridgehead atoms. The second kappa shape index (κ2) is 6.17. The molecule has 0 unspecified atom stereocenters. The van der Waals surface area contributed by atoms with Crippen molar-refractivity contribution in [3.05, 3.63) is 29.7 Å². The SMILES string of the molecule is CC(=O)Nc1nc([C@H]2CCCN(c3cnccn3)C2)cs1. The second-order valence-electron chi connectivity index (χ2n) is 5.11. The normalized spacial score (nSPS) is 18.5. The summed E-state index contributed by atoms with van der Waals surface area (Å²) in [5.41, 5.74) is 1.05. The molecule has 0 spiro atoms. The lowest BCUT2D eigenvalue weighted by Gasteiger charge is -2.32. The minimum atomic E-state index is -0.0827. The molecule has 1 amide bonds. The van der Waals surface area contributed by atoms with Crippen LogP contribution in [0.3, 0.4) is 0 Å². The molecule has 0 saturated carbocycles. The van der Waals surface area contributed by atoms with Crippen LogP contribution in [0.5, 0.6) is 0 Å². The van der Waals surface area contributed by atoms with Crippen LogP contribution in [-0.2, 0) is 4.79 Å². The summed E-state index contributed by atoms with van der Waals surface area (Å²) in [7, 11) is 0. The van der Waals surface area contributed by atoms with Crippen molar-refractivity contribution < 1.29 is 4.79 Å². The monoisotopic (exact) mass is 303 g/mol. The minimum absolute atomic E-state index is 0.0827. The van der Waals surface area contributed by atoms with E-state index in [0.717, 1.165) is 37.4 Å². The number of nitrogens with one attached hydrogen (secondary N) is 1. The third-order valence-electron chi connectivity index (χ3n) is 3.52. The Hall–Kier alpha value is -2.02. The Kier molecular flexibility index (Phi) is 4.10. The Morgan fingerprint density at radius 2 is 2.38 bits per heavy atom. The highest BCUT2D eigenvalue weighted by molar-refractivity contribution is 7.13. The first kappa shape index (κ1) is 13.9. The molecule has 0 aliphatic carbocycles. The van der Waals surface area contributed by atoms with Crippen LogP contribution < -0.4 is 10.2 Å². The highest BCUT2D eigenvalue weighted by Crippen LogP contribution is 2.30. The number of rotatable bonds is 3. The molecule has 1 N–H and O–H groups in total. The fourth-order valence-corrected chi connectivity index (χ4v) is 3.40. The lowest BCUT2D eigenvalue weighted by Crippen LogP contribution is -2.35. The largest absolute Gasteiger partial charge is 0.355 e. The highest BCUT2D eigenvalue weighted by Gasteiger charge is 2.24. The summed E-state index contributed by atoms with van der Waals surface area (Å²) in [6, 6.07) is 0. The van der Waals surface area contributed by atoms with Crippen LogP contribution in [0, 0.1) is 0 Å². The van der Waals surface area contributed by atoms with Crippen LogP contribution in [0.1, 0.15) is 31.4 Å². The Morgan fingerprint density at radius 1 is 1.48 bits per heavy atom. The maximum atomic E-state index is 11.1. The molecule has 1 atom stereocenters. The van der Waals surface area contributed by atoms with Gasteiger partial charge in [-0.2, -0.15) is 0 Å². The lowest BCUT2D eigenvalue weighted by molar-refractivity contribution is -0.114. The molecule has 2 aromatic rings. The van der Waals surface area contributed by atoms with Crippen molar-refractivity contribution >= 4 is 28.2 Å².